The molecule has 1 atom stereocenters. The first kappa shape index (κ1) is 11.8. The van der Waals surface area contributed by atoms with E-state index in [-0.39, 0.29) is 12.3 Å². The lowest BCUT2D eigenvalue weighted by Gasteiger charge is -2.16. The highest BCUT2D eigenvalue weighted by Gasteiger charge is 2.33. The third-order valence-corrected chi connectivity index (χ3v) is 3.02. The number of hydrogen-bond donors (Lipinski definition) is 0. The van der Waals surface area contributed by atoms with Gasteiger partial charge in [-0.1, -0.05) is 30.3 Å². The van der Waals surface area contributed by atoms with Crippen molar-refractivity contribution >= 4 is 11.7 Å². The van der Waals surface area contributed by atoms with Gasteiger partial charge in [0.1, 0.15) is 6.67 Å². The number of rotatable bonds is 4. The van der Waals surface area contributed by atoms with Gasteiger partial charge < -0.3 is 4.90 Å². The average molecular weight is 235 g/mol. The molecule has 0 aliphatic carbocycles. The highest BCUT2D eigenvalue weighted by molar-refractivity contribution is 5.90. The van der Waals surface area contributed by atoms with Gasteiger partial charge in [-0.25, -0.2) is 4.39 Å². The van der Waals surface area contributed by atoms with Gasteiger partial charge in [0.05, 0.1) is 0 Å². The molecule has 1 aliphatic heterocycles. The smallest absolute Gasteiger partial charge is 0.223 e. The molecule has 0 saturated carbocycles. The number of amides is 1. The second kappa shape index (κ2) is 5.08. The molecule has 3 nitrogen and oxygen atoms in total. The number of Topliss-reactive ketones (excluding diaryl/α,β-unsaturated/α-hetero) is 1. The van der Waals surface area contributed by atoms with Crippen LogP contribution in [0.15, 0.2) is 30.3 Å². The maximum Gasteiger partial charge on any atom is 0.223 e. The molecule has 4 heteroatoms. The molecule has 90 valence electrons. The summed E-state index contributed by atoms with van der Waals surface area (Å²) in [5.74, 6) is -0.995. The van der Waals surface area contributed by atoms with E-state index < -0.39 is 18.4 Å². The van der Waals surface area contributed by atoms with Crippen molar-refractivity contribution in [2.24, 2.45) is 5.92 Å². The van der Waals surface area contributed by atoms with Crippen LogP contribution in [0.25, 0.3) is 0 Å². The van der Waals surface area contributed by atoms with Crippen molar-refractivity contribution in [1.82, 2.24) is 4.90 Å². The molecule has 1 aromatic rings. The van der Waals surface area contributed by atoms with Crippen molar-refractivity contribution in [2.75, 3.05) is 13.2 Å². The number of carbonyl (C=O) groups is 2. The Bertz CT molecular complexity index is 419. The summed E-state index contributed by atoms with van der Waals surface area (Å²) >= 11 is 0. The maximum absolute atomic E-state index is 12.2. The first-order chi connectivity index (χ1) is 8.20. The van der Waals surface area contributed by atoms with Gasteiger partial charge in [0, 0.05) is 25.4 Å². The summed E-state index contributed by atoms with van der Waals surface area (Å²) in [7, 11) is 0. The summed E-state index contributed by atoms with van der Waals surface area (Å²) in [5.41, 5.74) is 1.02. The Hall–Kier alpha value is -1.71. The van der Waals surface area contributed by atoms with Crippen LogP contribution in [-0.2, 0) is 16.1 Å². The van der Waals surface area contributed by atoms with Crippen LogP contribution in [0.4, 0.5) is 4.39 Å². The van der Waals surface area contributed by atoms with Crippen LogP contribution in [0.1, 0.15) is 12.0 Å². The zero-order valence-electron chi connectivity index (χ0n) is 9.43. The molecular weight excluding hydrogens is 221 g/mol. The van der Waals surface area contributed by atoms with Crippen molar-refractivity contribution < 1.29 is 14.0 Å². The van der Waals surface area contributed by atoms with Crippen LogP contribution in [0.2, 0.25) is 0 Å². The maximum atomic E-state index is 12.2. The number of nitrogens with zero attached hydrogens (tertiary/aromatic N) is 1. The number of carbonyl (C=O) groups excluding carboxylic acids is 2. The third kappa shape index (κ3) is 2.70. The fourth-order valence-electron chi connectivity index (χ4n) is 2.05. The Kier molecular flexibility index (Phi) is 3.52. The summed E-state index contributed by atoms with van der Waals surface area (Å²) in [6.07, 6.45) is 0.148. The van der Waals surface area contributed by atoms with Crippen LogP contribution in [0.3, 0.4) is 0 Å². The lowest BCUT2D eigenvalue weighted by atomic mass is 10.0. The standard InChI is InChI=1S/C13H14FNO2/c14-7-12(16)11-6-13(17)15(9-11)8-10-4-2-1-3-5-10/h1-5,11H,6-9H2. The molecule has 1 amide bonds. The van der Waals surface area contributed by atoms with Crippen LogP contribution in [-0.4, -0.2) is 29.8 Å². The van der Waals surface area contributed by atoms with Crippen molar-refractivity contribution in [1.29, 1.82) is 0 Å². The van der Waals surface area contributed by atoms with Crippen LogP contribution >= 0.6 is 0 Å². The fraction of sp³-hybridized carbons (Fsp3) is 0.385. The van der Waals surface area contributed by atoms with E-state index >= 15 is 0 Å². The van der Waals surface area contributed by atoms with Gasteiger partial charge in [0.15, 0.2) is 5.78 Å². The van der Waals surface area contributed by atoms with Crippen molar-refractivity contribution in [3.8, 4) is 0 Å². The Morgan fingerprint density at radius 1 is 1.35 bits per heavy atom. The van der Waals surface area contributed by atoms with E-state index in [1.54, 1.807) is 4.90 Å². The Labute approximate surface area is 99.2 Å². The van der Waals surface area contributed by atoms with Gasteiger partial charge in [-0.05, 0) is 5.56 Å². The molecule has 1 aromatic carbocycles. The minimum atomic E-state index is -0.975. The fourth-order valence-corrected chi connectivity index (χ4v) is 2.05. The number of alkyl halides is 1. The normalized spacial score (nSPS) is 19.7. The van der Waals surface area contributed by atoms with Gasteiger partial charge >= 0.3 is 0 Å². The Balaban J connectivity index is 1.99. The Morgan fingerprint density at radius 2 is 2.06 bits per heavy atom. The number of halogens is 1. The van der Waals surface area contributed by atoms with Crippen molar-refractivity contribution in [2.45, 2.75) is 13.0 Å². The predicted molar refractivity (Wildman–Crippen MR) is 60.9 cm³/mol. The average Bonchev–Trinajstić information content (AvgIpc) is 2.71. The van der Waals surface area contributed by atoms with Gasteiger partial charge in [-0.3, -0.25) is 9.59 Å². The summed E-state index contributed by atoms with van der Waals surface area (Å²) in [5, 5.41) is 0. The molecule has 1 saturated heterocycles. The molecule has 0 radical (unpaired) electrons. The summed E-state index contributed by atoms with van der Waals surface area (Å²) < 4.78 is 12.2. The van der Waals surface area contributed by atoms with E-state index in [1.807, 2.05) is 30.3 Å². The molecule has 0 N–H and O–H groups in total. The number of hydrogen-bond acceptors (Lipinski definition) is 2. The SMILES string of the molecule is O=C(CF)C1CC(=O)N(Cc2ccccc2)C1. The molecule has 1 heterocycles. The zero-order chi connectivity index (χ0) is 12.3. The second-order valence-corrected chi connectivity index (χ2v) is 4.26. The van der Waals surface area contributed by atoms with E-state index in [1.165, 1.54) is 0 Å². The molecule has 2 rings (SSSR count). The zero-order valence-corrected chi connectivity index (χ0v) is 9.43. The molecule has 1 unspecified atom stereocenters. The second-order valence-electron chi connectivity index (χ2n) is 4.26. The van der Waals surface area contributed by atoms with Crippen LogP contribution < -0.4 is 0 Å². The van der Waals surface area contributed by atoms with E-state index in [0.29, 0.717) is 13.1 Å². The monoisotopic (exact) mass is 235 g/mol. The first-order valence-corrected chi connectivity index (χ1v) is 5.61. The molecule has 17 heavy (non-hydrogen) atoms. The Morgan fingerprint density at radius 3 is 2.71 bits per heavy atom. The van der Waals surface area contributed by atoms with Crippen molar-refractivity contribution in [3.63, 3.8) is 0 Å². The number of benzene rings is 1. The highest BCUT2D eigenvalue weighted by atomic mass is 19.1. The molecule has 0 spiro atoms. The van der Waals surface area contributed by atoms with Gasteiger partial charge in [0.2, 0.25) is 5.91 Å². The highest BCUT2D eigenvalue weighted by Crippen LogP contribution is 2.21. The minimum Gasteiger partial charge on any atom is -0.338 e. The molecule has 1 fully saturated rings. The largest absolute Gasteiger partial charge is 0.338 e. The summed E-state index contributed by atoms with van der Waals surface area (Å²) in [6, 6.07) is 9.57. The van der Waals surface area contributed by atoms with Gasteiger partial charge in [-0.2, -0.15) is 0 Å². The van der Waals surface area contributed by atoms with Gasteiger partial charge in [-0.15, -0.1) is 0 Å². The number of ketones is 1. The minimum absolute atomic E-state index is 0.0688. The lowest BCUT2D eigenvalue weighted by molar-refractivity contribution is -0.129. The molecular formula is C13H14FNO2. The molecule has 0 bridgehead atoms. The third-order valence-electron chi connectivity index (χ3n) is 3.02. The van der Waals surface area contributed by atoms with E-state index in [0.717, 1.165) is 5.56 Å². The van der Waals surface area contributed by atoms with Gasteiger partial charge in [0.25, 0.3) is 0 Å². The first-order valence-electron chi connectivity index (χ1n) is 5.61. The molecule has 1 aliphatic rings. The topological polar surface area (TPSA) is 37.4 Å². The summed E-state index contributed by atoms with van der Waals surface area (Å²) in [6.45, 7) is -0.136. The molecule has 0 aromatic heterocycles. The van der Waals surface area contributed by atoms with Crippen LogP contribution in [0, 0.1) is 5.92 Å². The van der Waals surface area contributed by atoms with E-state index in [9.17, 15) is 14.0 Å². The quantitative estimate of drug-likeness (QED) is 0.794. The summed E-state index contributed by atoms with van der Waals surface area (Å²) in [4.78, 5) is 24.5. The van der Waals surface area contributed by atoms with E-state index in [2.05, 4.69) is 0 Å². The predicted octanol–water partition coefficient (Wildman–Crippen LogP) is 1.57. The van der Waals surface area contributed by atoms with Crippen LogP contribution in [0.5, 0.6) is 0 Å². The number of likely N-dealkylation sites (tertiary alicyclic amines) is 1. The van der Waals surface area contributed by atoms with E-state index in [4.69, 9.17) is 0 Å². The van der Waals surface area contributed by atoms with Crippen molar-refractivity contribution in [3.05, 3.63) is 35.9 Å². The lowest BCUT2D eigenvalue weighted by Crippen LogP contribution is -2.26.